The lowest BCUT2D eigenvalue weighted by atomic mass is 9.76. The second kappa shape index (κ2) is 22.9. The Balaban J connectivity index is 0.000000239. The van der Waals surface area contributed by atoms with Crippen LogP contribution in [0, 0.1) is 45.3 Å². The zero-order chi connectivity index (χ0) is 51.5. The summed E-state index contributed by atoms with van der Waals surface area (Å²) in [7, 11) is 0. The van der Waals surface area contributed by atoms with Crippen LogP contribution in [0.2, 0.25) is 0 Å². The van der Waals surface area contributed by atoms with Gasteiger partial charge in [-0.1, -0.05) is 166 Å². The van der Waals surface area contributed by atoms with E-state index in [1.54, 1.807) is 0 Å². The van der Waals surface area contributed by atoms with E-state index in [-0.39, 0.29) is 5.54 Å². The van der Waals surface area contributed by atoms with Crippen LogP contribution in [0.1, 0.15) is 256 Å². The van der Waals surface area contributed by atoms with Crippen molar-refractivity contribution in [3.8, 4) is 0 Å². The van der Waals surface area contributed by atoms with Gasteiger partial charge in [-0.05, 0) is 166 Å². The lowest BCUT2D eigenvalue weighted by molar-refractivity contribution is 0.0566. The van der Waals surface area contributed by atoms with Crippen molar-refractivity contribution < 1.29 is 0 Å². The van der Waals surface area contributed by atoms with Crippen LogP contribution < -0.4 is 0 Å². The fraction of sp³-hybridized carbons (Fsp3) is 0.905. The third-order valence-electron chi connectivity index (χ3n) is 17.1. The van der Waals surface area contributed by atoms with E-state index in [0.717, 1.165) is 41.8 Å². The molecule has 4 heterocycles. The van der Waals surface area contributed by atoms with E-state index < -0.39 is 0 Å². The third kappa shape index (κ3) is 17.7. The molecule has 6 rings (SSSR count). The maximum absolute atomic E-state index is 2.81. The van der Waals surface area contributed by atoms with Crippen molar-refractivity contribution in [1.82, 2.24) is 19.6 Å². The Morgan fingerprint density at radius 2 is 0.776 bits per heavy atom. The molecule has 0 radical (unpaired) electrons. The molecular weight excluding hydrogens is 813 g/mol. The number of likely N-dealkylation sites (tertiary alicyclic amines) is 4. The summed E-state index contributed by atoms with van der Waals surface area (Å²) in [5.41, 5.74) is 4.30. The summed E-state index contributed by atoms with van der Waals surface area (Å²) in [6.07, 6.45) is 14.2. The van der Waals surface area contributed by atoms with Crippen molar-refractivity contribution in [2.75, 3.05) is 26.2 Å². The number of benzene rings is 1. The van der Waals surface area contributed by atoms with Crippen LogP contribution in [0.25, 0.3) is 0 Å². The minimum atomic E-state index is 0.251. The van der Waals surface area contributed by atoms with Crippen LogP contribution in [0.15, 0.2) is 30.3 Å². The van der Waals surface area contributed by atoms with E-state index >= 15 is 0 Å². The molecule has 4 aliphatic heterocycles. The monoisotopic (exact) mass is 933 g/mol. The van der Waals surface area contributed by atoms with Gasteiger partial charge < -0.3 is 0 Å². The molecular formula is C63H120N4. The molecule has 0 amide bonds. The standard InChI is InChI=1S/C18H35N.C18H29N.C14H29N.C13H27N/c2*1-17(2,3)16-12-15(13-19(16)18(4,5)6)14-10-8-7-9-11-14;1-8-11-9-12(13(2,3)4)15(10-11)14(5,6)7;1-10-8-11(12(2,3)4)14(9-10)13(5,6)7/h14-16H,7-13H2,1-6H3;7-11,15-16H,12-13H2,1-6H3;11-12H,8-10H2,1-7H3;10-11H,8-9H2,1-7H3. The highest BCUT2D eigenvalue weighted by atomic mass is 15.3. The van der Waals surface area contributed by atoms with Gasteiger partial charge in [0.1, 0.15) is 0 Å². The lowest BCUT2D eigenvalue weighted by Crippen LogP contribution is -2.49. The van der Waals surface area contributed by atoms with Crippen LogP contribution in [0.4, 0.5) is 0 Å². The smallest absolute Gasteiger partial charge is 0.0155 e. The molecule has 0 bridgehead atoms. The molecule has 0 aromatic heterocycles. The number of hydrogen-bond acceptors (Lipinski definition) is 4. The van der Waals surface area contributed by atoms with Gasteiger partial charge in [-0.15, -0.1) is 0 Å². The van der Waals surface area contributed by atoms with Crippen molar-refractivity contribution in [1.29, 1.82) is 0 Å². The molecule has 1 aliphatic carbocycles. The van der Waals surface area contributed by atoms with Gasteiger partial charge in [-0.25, -0.2) is 0 Å². The normalized spacial score (nSPS) is 29.5. The zero-order valence-electron chi connectivity index (χ0n) is 50.3. The van der Waals surface area contributed by atoms with Crippen LogP contribution in [0.5, 0.6) is 0 Å². The summed E-state index contributed by atoms with van der Waals surface area (Å²) >= 11 is 0. The molecule has 1 aromatic carbocycles. The first-order valence-electron chi connectivity index (χ1n) is 28.3. The fourth-order valence-electron chi connectivity index (χ4n) is 13.1. The largest absolute Gasteiger partial charge is 0.295 e. The topological polar surface area (TPSA) is 13.0 Å². The lowest BCUT2D eigenvalue weighted by Gasteiger charge is -2.43. The molecule has 4 nitrogen and oxygen atoms in total. The molecule has 4 saturated heterocycles. The average molecular weight is 934 g/mol. The highest BCUT2D eigenvalue weighted by molar-refractivity contribution is 5.23. The quantitative estimate of drug-likeness (QED) is 0.299. The van der Waals surface area contributed by atoms with Crippen LogP contribution in [-0.4, -0.2) is 92.1 Å². The minimum absolute atomic E-state index is 0.251. The summed E-state index contributed by atoms with van der Waals surface area (Å²) in [5.74, 6) is 4.44. The van der Waals surface area contributed by atoms with Crippen LogP contribution >= 0.6 is 0 Å². The van der Waals surface area contributed by atoms with Gasteiger partial charge in [0.15, 0.2) is 0 Å². The molecule has 8 atom stereocenters. The summed E-state index contributed by atoms with van der Waals surface area (Å²) in [6, 6.07) is 14.0. The second-order valence-corrected chi connectivity index (χ2v) is 31.4. The summed E-state index contributed by atoms with van der Waals surface area (Å²) in [4.78, 5) is 10.9. The Labute approximate surface area is 421 Å². The number of rotatable bonds is 3. The molecule has 4 heteroatoms. The fourth-order valence-corrected chi connectivity index (χ4v) is 13.1. The number of nitrogens with zero attached hydrogens (tertiary/aromatic N) is 4. The van der Waals surface area contributed by atoms with Crippen molar-refractivity contribution in [3.05, 3.63) is 35.9 Å². The Morgan fingerprint density at radius 3 is 1.13 bits per heavy atom. The van der Waals surface area contributed by atoms with Gasteiger partial charge in [0, 0.05) is 72.5 Å². The Bertz CT molecular complexity index is 1480. The molecule has 392 valence electrons. The minimum Gasteiger partial charge on any atom is -0.295 e. The van der Waals surface area contributed by atoms with E-state index in [1.807, 2.05) is 0 Å². The predicted octanol–water partition coefficient (Wildman–Crippen LogP) is 17.3. The van der Waals surface area contributed by atoms with Gasteiger partial charge >= 0.3 is 0 Å². The Kier molecular flexibility index (Phi) is 20.6. The van der Waals surface area contributed by atoms with Crippen LogP contribution in [-0.2, 0) is 0 Å². The SMILES string of the molecule is CC(C)(C)C1CC(C2CCCCC2)CN1C(C)(C)C.CC(C)(C)C1CC(c2ccccc2)CN1C(C)(C)C.CC1CC(C(C)(C)C)N(C(C)(C)C)C1.CCC1CC(C(C)(C)C)N(C(C)(C)C)C1. The third-order valence-corrected chi connectivity index (χ3v) is 17.1. The zero-order valence-corrected chi connectivity index (χ0v) is 50.3. The van der Waals surface area contributed by atoms with Gasteiger partial charge in [-0.3, -0.25) is 19.6 Å². The molecule has 1 aromatic rings. The van der Waals surface area contributed by atoms with Crippen molar-refractivity contribution in [3.63, 3.8) is 0 Å². The summed E-state index contributed by atoms with van der Waals surface area (Å²) in [6.45, 7) is 66.8. The van der Waals surface area contributed by atoms with Gasteiger partial charge in [-0.2, -0.15) is 0 Å². The first kappa shape index (κ1) is 60.4. The maximum Gasteiger partial charge on any atom is 0.0155 e. The molecule has 8 unspecified atom stereocenters. The average Bonchev–Trinajstić information content (AvgIpc) is 3.99. The van der Waals surface area contributed by atoms with Gasteiger partial charge in [0.05, 0.1) is 0 Å². The van der Waals surface area contributed by atoms with Crippen molar-refractivity contribution >= 4 is 0 Å². The van der Waals surface area contributed by atoms with E-state index in [0.29, 0.717) is 50.2 Å². The molecule has 67 heavy (non-hydrogen) atoms. The van der Waals surface area contributed by atoms with E-state index in [9.17, 15) is 0 Å². The van der Waals surface area contributed by atoms with E-state index in [4.69, 9.17) is 0 Å². The second-order valence-electron chi connectivity index (χ2n) is 31.4. The highest BCUT2D eigenvalue weighted by Crippen LogP contribution is 2.46. The van der Waals surface area contributed by atoms with E-state index in [1.165, 1.54) is 96.0 Å². The first-order valence-corrected chi connectivity index (χ1v) is 28.3. The van der Waals surface area contributed by atoms with Crippen molar-refractivity contribution in [2.24, 2.45) is 45.3 Å². The van der Waals surface area contributed by atoms with Crippen LogP contribution in [0.3, 0.4) is 0 Å². The molecule has 5 aliphatic rings. The summed E-state index contributed by atoms with van der Waals surface area (Å²) in [5, 5.41) is 0. The Hall–Kier alpha value is -0.940. The molecule has 1 saturated carbocycles. The summed E-state index contributed by atoms with van der Waals surface area (Å²) < 4.78 is 0. The van der Waals surface area contributed by atoms with Gasteiger partial charge in [0.25, 0.3) is 0 Å². The number of hydrogen-bond donors (Lipinski definition) is 0. The van der Waals surface area contributed by atoms with Gasteiger partial charge in [0.2, 0.25) is 0 Å². The Morgan fingerprint density at radius 1 is 0.403 bits per heavy atom. The molecule has 0 spiro atoms. The predicted molar refractivity (Wildman–Crippen MR) is 299 cm³/mol. The first-order chi connectivity index (χ1) is 30.2. The highest BCUT2D eigenvalue weighted by Gasteiger charge is 2.47. The molecule has 0 N–H and O–H groups in total. The van der Waals surface area contributed by atoms with Crippen molar-refractivity contribution in [2.45, 2.75) is 296 Å². The van der Waals surface area contributed by atoms with E-state index in [2.05, 4.69) is 230 Å². The molecule has 5 fully saturated rings. The maximum atomic E-state index is 2.81.